The largest absolute Gasteiger partial charge is 0.489 e. The zero-order valence-electron chi connectivity index (χ0n) is 12.5. The molecule has 112 valence electrons. The van der Waals surface area contributed by atoms with Gasteiger partial charge in [0.2, 0.25) is 0 Å². The maximum absolute atomic E-state index is 6.23. The number of halogens is 1. The molecule has 0 aliphatic carbocycles. The Morgan fingerprint density at radius 3 is 2.43 bits per heavy atom. The van der Waals surface area contributed by atoms with E-state index in [0.717, 1.165) is 18.0 Å². The summed E-state index contributed by atoms with van der Waals surface area (Å²) in [7, 11) is 0. The van der Waals surface area contributed by atoms with Crippen molar-refractivity contribution in [1.82, 2.24) is 0 Å². The normalized spacial score (nSPS) is 10.7. The zero-order valence-corrected chi connectivity index (χ0v) is 14.1. The van der Waals surface area contributed by atoms with E-state index in [0.29, 0.717) is 5.02 Å². The fraction of sp³-hybridized carbons (Fsp3) is 0.294. The van der Waals surface area contributed by atoms with E-state index >= 15 is 0 Å². The Kier molecular flexibility index (Phi) is 5.83. The first kappa shape index (κ1) is 16.1. The molecule has 0 bridgehead atoms. The van der Waals surface area contributed by atoms with E-state index in [2.05, 4.69) is 35.8 Å². The number of rotatable bonds is 6. The molecule has 0 heterocycles. The minimum Gasteiger partial charge on any atom is -0.489 e. The monoisotopic (exact) mass is 321 g/mol. The lowest BCUT2D eigenvalue weighted by Gasteiger charge is -2.13. The van der Waals surface area contributed by atoms with Crippen molar-refractivity contribution < 1.29 is 4.74 Å². The zero-order chi connectivity index (χ0) is 15.2. The summed E-state index contributed by atoms with van der Waals surface area (Å²) in [5.41, 5.74) is 2.23. The smallest absolute Gasteiger partial charge is 0.138 e. The second-order valence-corrected chi connectivity index (χ2v) is 6.30. The predicted molar refractivity (Wildman–Crippen MR) is 92.8 cm³/mol. The molecule has 0 saturated carbocycles. The highest BCUT2D eigenvalue weighted by atomic mass is 35.5. The second kappa shape index (κ2) is 7.62. The number of nitrogens with one attached hydrogen (secondary N) is 1. The van der Waals surface area contributed by atoms with Gasteiger partial charge in [0.15, 0.2) is 0 Å². The topological polar surface area (TPSA) is 21.3 Å². The van der Waals surface area contributed by atoms with E-state index < -0.39 is 0 Å². The third-order valence-corrected chi connectivity index (χ3v) is 3.99. The van der Waals surface area contributed by atoms with Crippen LogP contribution < -0.4 is 10.1 Å². The number of benzene rings is 2. The Morgan fingerprint density at radius 2 is 1.86 bits per heavy atom. The number of thioether (sulfide) groups is 1. The lowest BCUT2D eigenvalue weighted by Crippen LogP contribution is -2.06. The number of hydrogen-bond acceptors (Lipinski definition) is 3. The van der Waals surface area contributed by atoms with Gasteiger partial charge in [-0.1, -0.05) is 23.7 Å². The standard InChI is InChI=1S/C17H20ClNOS/c1-12(2)20-17-9-6-14(10-16(17)18)19-11-13-4-7-15(21-3)8-5-13/h4-10,12,19H,11H2,1-3H3. The van der Waals surface area contributed by atoms with Crippen molar-refractivity contribution in [3.8, 4) is 5.75 Å². The average molecular weight is 322 g/mol. The molecular weight excluding hydrogens is 302 g/mol. The summed E-state index contributed by atoms with van der Waals surface area (Å²) in [5.74, 6) is 0.724. The van der Waals surface area contributed by atoms with Crippen LogP contribution in [0.3, 0.4) is 0 Å². The molecule has 0 saturated heterocycles. The van der Waals surface area contributed by atoms with Crippen molar-refractivity contribution in [2.24, 2.45) is 0 Å². The highest BCUT2D eigenvalue weighted by Crippen LogP contribution is 2.28. The van der Waals surface area contributed by atoms with Crippen molar-refractivity contribution >= 4 is 29.1 Å². The number of anilines is 1. The molecule has 21 heavy (non-hydrogen) atoms. The summed E-state index contributed by atoms with van der Waals surface area (Å²) in [6.07, 6.45) is 2.20. The maximum atomic E-state index is 6.23. The fourth-order valence-corrected chi connectivity index (χ4v) is 2.54. The minimum absolute atomic E-state index is 0.122. The molecular formula is C17H20ClNOS. The lowest BCUT2D eigenvalue weighted by molar-refractivity contribution is 0.242. The van der Waals surface area contributed by atoms with Gasteiger partial charge in [-0.25, -0.2) is 0 Å². The third-order valence-electron chi connectivity index (χ3n) is 2.95. The summed E-state index contributed by atoms with van der Waals surface area (Å²) in [6.45, 7) is 4.75. The van der Waals surface area contributed by atoms with Crippen LogP contribution in [0.1, 0.15) is 19.4 Å². The van der Waals surface area contributed by atoms with Crippen molar-refractivity contribution in [3.05, 3.63) is 53.1 Å². The minimum atomic E-state index is 0.122. The van der Waals surface area contributed by atoms with Gasteiger partial charge in [0.05, 0.1) is 11.1 Å². The van der Waals surface area contributed by atoms with E-state index in [1.807, 2.05) is 32.0 Å². The molecule has 0 aromatic heterocycles. The Labute approximate surface area is 135 Å². The molecule has 0 spiro atoms. The SMILES string of the molecule is CSc1ccc(CNc2ccc(OC(C)C)c(Cl)c2)cc1. The van der Waals surface area contributed by atoms with Crippen LogP contribution in [-0.4, -0.2) is 12.4 Å². The van der Waals surface area contributed by atoms with E-state index in [-0.39, 0.29) is 6.10 Å². The molecule has 0 radical (unpaired) electrons. The van der Waals surface area contributed by atoms with Crippen LogP contribution in [0.15, 0.2) is 47.4 Å². The highest BCUT2D eigenvalue weighted by molar-refractivity contribution is 7.98. The molecule has 2 rings (SSSR count). The van der Waals surface area contributed by atoms with Crippen LogP contribution in [0.5, 0.6) is 5.75 Å². The van der Waals surface area contributed by atoms with Crippen molar-refractivity contribution in [2.75, 3.05) is 11.6 Å². The van der Waals surface area contributed by atoms with Crippen molar-refractivity contribution in [2.45, 2.75) is 31.4 Å². The van der Waals surface area contributed by atoms with E-state index in [4.69, 9.17) is 16.3 Å². The van der Waals surface area contributed by atoms with Crippen molar-refractivity contribution in [3.63, 3.8) is 0 Å². The predicted octanol–water partition coefficient (Wildman–Crippen LogP) is 5.46. The molecule has 2 aromatic rings. The molecule has 0 fully saturated rings. The maximum Gasteiger partial charge on any atom is 0.138 e. The van der Waals surface area contributed by atoms with Crippen LogP contribution in [0.25, 0.3) is 0 Å². The van der Waals surface area contributed by atoms with Crippen LogP contribution >= 0.6 is 23.4 Å². The quantitative estimate of drug-likeness (QED) is 0.714. The first-order valence-corrected chi connectivity index (χ1v) is 8.52. The summed E-state index contributed by atoms with van der Waals surface area (Å²) in [6, 6.07) is 14.3. The van der Waals surface area contributed by atoms with Gasteiger partial charge in [0, 0.05) is 17.1 Å². The third kappa shape index (κ3) is 4.87. The van der Waals surface area contributed by atoms with Gasteiger partial charge in [-0.05, 0) is 56.0 Å². The van der Waals surface area contributed by atoms with Gasteiger partial charge in [0.1, 0.15) is 5.75 Å². The fourth-order valence-electron chi connectivity index (χ4n) is 1.91. The Morgan fingerprint density at radius 1 is 1.14 bits per heavy atom. The van der Waals surface area contributed by atoms with Crippen LogP contribution in [0.2, 0.25) is 5.02 Å². The van der Waals surface area contributed by atoms with Gasteiger partial charge in [-0.3, -0.25) is 0 Å². The number of ether oxygens (including phenoxy) is 1. The van der Waals surface area contributed by atoms with Gasteiger partial charge in [-0.2, -0.15) is 0 Å². The molecule has 0 aliphatic heterocycles. The summed E-state index contributed by atoms with van der Waals surface area (Å²) >= 11 is 7.98. The highest BCUT2D eigenvalue weighted by Gasteiger charge is 2.05. The van der Waals surface area contributed by atoms with Crippen LogP contribution in [0, 0.1) is 0 Å². The molecule has 0 amide bonds. The molecule has 4 heteroatoms. The summed E-state index contributed by atoms with van der Waals surface area (Å²) in [5, 5.41) is 4.00. The van der Waals surface area contributed by atoms with Crippen LogP contribution in [0.4, 0.5) is 5.69 Å². The first-order valence-electron chi connectivity index (χ1n) is 6.91. The van der Waals surface area contributed by atoms with E-state index in [9.17, 15) is 0 Å². The van der Waals surface area contributed by atoms with Gasteiger partial charge >= 0.3 is 0 Å². The van der Waals surface area contributed by atoms with Gasteiger partial charge in [0.25, 0.3) is 0 Å². The molecule has 0 aliphatic rings. The number of hydrogen-bond donors (Lipinski definition) is 1. The first-order chi connectivity index (χ1) is 10.1. The molecule has 2 nitrogen and oxygen atoms in total. The van der Waals surface area contributed by atoms with Gasteiger partial charge < -0.3 is 10.1 Å². The molecule has 1 N–H and O–H groups in total. The van der Waals surface area contributed by atoms with E-state index in [1.54, 1.807) is 11.8 Å². The summed E-state index contributed by atoms with van der Waals surface area (Å²) < 4.78 is 5.63. The molecule has 2 aromatic carbocycles. The van der Waals surface area contributed by atoms with E-state index in [1.165, 1.54) is 10.5 Å². The average Bonchev–Trinajstić information content (AvgIpc) is 2.48. The second-order valence-electron chi connectivity index (χ2n) is 5.01. The lowest BCUT2D eigenvalue weighted by atomic mass is 10.2. The molecule has 0 atom stereocenters. The molecule has 0 unspecified atom stereocenters. The Balaban J connectivity index is 1.98. The van der Waals surface area contributed by atoms with Gasteiger partial charge in [-0.15, -0.1) is 11.8 Å². The summed E-state index contributed by atoms with van der Waals surface area (Å²) in [4.78, 5) is 1.27. The Bertz CT molecular complexity index is 584. The van der Waals surface area contributed by atoms with Crippen LogP contribution in [-0.2, 0) is 6.54 Å². The Hall–Kier alpha value is -1.32. The van der Waals surface area contributed by atoms with Crippen molar-refractivity contribution in [1.29, 1.82) is 0 Å².